The zero-order chi connectivity index (χ0) is 19.7. The molecule has 0 fully saturated rings. The van der Waals surface area contributed by atoms with Crippen LogP contribution in [0.5, 0.6) is 5.75 Å². The van der Waals surface area contributed by atoms with Gasteiger partial charge in [-0.2, -0.15) is 0 Å². The van der Waals surface area contributed by atoms with Crippen LogP contribution in [0.15, 0.2) is 47.1 Å². The number of methoxy groups -OCH3 is 1. The Morgan fingerprint density at radius 2 is 2.07 bits per heavy atom. The molecule has 0 spiro atoms. The van der Waals surface area contributed by atoms with Crippen molar-refractivity contribution in [3.05, 3.63) is 48.4 Å². The van der Waals surface area contributed by atoms with Crippen molar-refractivity contribution in [2.75, 3.05) is 24.2 Å². The van der Waals surface area contributed by atoms with E-state index in [4.69, 9.17) is 14.0 Å². The number of benzene rings is 1. The molecule has 0 aliphatic carbocycles. The number of carbonyl (C=O) groups is 1. The second-order valence-electron chi connectivity index (χ2n) is 6.01. The standard InChI is InChI=1S/C18H24N2O6S/c1-14(18(21)19-26-11-5-9-16-8-4-10-25-16)13-27(22,23)20-15-6-3-7-17(12-15)24-2/h3-4,6-8,10,12,14,20H,5,9,11,13H2,1-2H3,(H,19,21). The number of hydrogen-bond donors (Lipinski definition) is 2. The van der Waals surface area contributed by atoms with Gasteiger partial charge in [0.1, 0.15) is 11.5 Å². The Bertz CT molecular complexity index is 820. The van der Waals surface area contributed by atoms with E-state index in [2.05, 4.69) is 10.2 Å². The number of anilines is 1. The summed E-state index contributed by atoms with van der Waals surface area (Å²) in [7, 11) is -2.21. The summed E-state index contributed by atoms with van der Waals surface area (Å²) >= 11 is 0. The van der Waals surface area contributed by atoms with Gasteiger partial charge < -0.3 is 9.15 Å². The van der Waals surface area contributed by atoms with E-state index in [9.17, 15) is 13.2 Å². The van der Waals surface area contributed by atoms with Gasteiger partial charge in [-0.15, -0.1) is 0 Å². The molecule has 2 rings (SSSR count). The topological polar surface area (TPSA) is 107 Å². The molecule has 1 unspecified atom stereocenters. The van der Waals surface area contributed by atoms with Gasteiger partial charge in [0.05, 0.1) is 37.3 Å². The molecule has 27 heavy (non-hydrogen) atoms. The summed E-state index contributed by atoms with van der Waals surface area (Å²) in [5.74, 6) is -0.273. The maximum atomic E-state index is 12.2. The van der Waals surface area contributed by atoms with Crippen LogP contribution in [-0.2, 0) is 26.1 Å². The molecule has 1 atom stereocenters. The first-order valence-corrected chi connectivity index (χ1v) is 10.1. The molecule has 1 amide bonds. The molecule has 0 aliphatic heterocycles. The lowest BCUT2D eigenvalue weighted by Gasteiger charge is -2.14. The molecular formula is C18H24N2O6S. The molecule has 0 bridgehead atoms. The predicted molar refractivity (Wildman–Crippen MR) is 101 cm³/mol. The molecule has 0 saturated heterocycles. The summed E-state index contributed by atoms with van der Waals surface area (Å²) in [5, 5.41) is 0. The monoisotopic (exact) mass is 396 g/mol. The number of aryl methyl sites for hydroxylation is 1. The third-order valence-electron chi connectivity index (χ3n) is 3.68. The predicted octanol–water partition coefficient (Wildman–Crippen LogP) is 2.35. The average molecular weight is 396 g/mol. The number of sulfonamides is 1. The molecule has 1 aromatic heterocycles. The normalized spacial score (nSPS) is 12.4. The molecule has 0 aliphatic rings. The van der Waals surface area contributed by atoms with Crippen LogP contribution in [0, 0.1) is 5.92 Å². The van der Waals surface area contributed by atoms with Gasteiger partial charge >= 0.3 is 0 Å². The second-order valence-corrected chi connectivity index (χ2v) is 7.78. The van der Waals surface area contributed by atoms with Gasteiger partial charge in [-0.25, -0.2) is 13.9 Å². The Balaban J connectivity index is 1.73. The van der Waals surface area contributed by atoms with E-state index in [1.165, 1.54) is 14.0 Å². The largest absolute Gasteiger partial charge is 0.497 e. The molecule has 0 saturated carbocycles. The molecule has 9 heteroatoms. The highest BCUT2D eigenvalue weighted by Gasteiger charge is 2.22. The SMILES string of the molecule is COc1cccc(NS(=O)(=O)CC(C)C(=O)NOCCCc2ccco2)c1. The second kappa shape index (κ2) is 9.98. The number of carbonyl (C=O) groups excluding carboxylic acids is 1. The van der Waals surface area contributed by atoms with Crippen molar-refractivity contribution < 1.29 is 27.2 Å². The van der Waals surface area contributed by atoms with Crippen molar-refractivity contribution in [1.82, 2.24) is 5.48 Å². The third kappa shape index (κ3) is 7.32. The van der Waals surface area contributed by atoms with Gasteiger partial charge in [0.2, 0.25) is 15.9 Å². The summed E-state index contributed by atoms with van der Waals surface area (Å²) in [6.45, 7) is 1.82. The fourth-order valence-corrected chi connectivity index (χ4v) is 3.69. The van der Waals surface area contributed by atoms with Gasteiger partial charge in [0, 0.05) is 12.5 Å². The lowest BCUT2D eigenvalue weighted by atomic mass is 10.2. The minimum absolute atomic E-state index is 0.300. The zero-order valence-electron chi connectivity index (χ0n) is 15.3. The van der Waals surface area contributed by atoms with Crippen molar-refractivity contribution in [2.24, 2.45) is 5.92 Å². The fourth-order valence-electron chi connectivity index (χ4n) is 2.31. The number of furan rings is 1. The van der Waals surface area contributed by atoms with Crippen LogP contribution in [0.3, 0.4) is 0 Å². The van der Waals surface area contributed by atoms with Gasteiger partial charge in [0.15, 0.2) is 0 Å². The van der Waals surface area contributed by atoms with Gasteiger partial charge in [-0.05, 0) is 30.7 Å². The van der Waals surface area contributed by atoms with E-state index >= 15 is 0 Å². The summed E-state index contributed by atoms with van der Waals surface area (Å²) in [6.07, 6.45) is 2.95. The molecule has 148 valence electrons. The molecule has 2 N–H and O–H groups in total. The third-order valence-corrected chi connectivity index (χ3v) is 5.17. The van der Waals surface area contributed by atoms with Crippen molar-refractivity contribution in [3.63, 3.8) is 0 Å². The van der Waals surface area contributed by atoms with E-state index in [1.807, 2.05) is 6.07 Å². The lowest BCUT2D eigenvalue weighted by Crippen LogP contribution is -2.35. The van der Waals surface area contributed by atoms with Crippen LogP contribution in [0.1, 0.15) is 19.1 Å². The Labute approximate surface area is 158 Å². The molecular weight excluding hydrogens is 372 g/mol. The van der Waals surface area contributed by atoms with Crippen molar-refractivity contribution in [2.45, 2.75) is 19.8 Å². The van der Waals surface area contributed by atoms with Gasteiger partial charge in [0.25, 0.3) is 0 Å². The first kappa shape index (κ1) is 20.8. The Hall–Kier alpha value is -2.52. The van der Waals surface area contributed by atoms with Crippen molar-refractivity contribution in [3.8, 4) is 5.75 Å². The Morgan fingerprint density at radius 1 is 1.26 bits per heavy atom. The molecule has 2 aromatic rings. The highest BCUT2D eigenvalue weighted by atomic mass is 32.2. The van der Waals surface area contributed by atoms with Crippen LogP contribution < -0.4 is 14.9 Å². The first-order chi connectivity index (χ1) is 12.9. The van der Waals surface area contributed by atoms with Crippen molar-refractivity contribution >= 4 is 21.6 Å². The van der Waals surface area contributed by atoms with E-state index in [0.717, 1.165) is 5.76 Å². The van der Waals surface area contributed by atoms with Crippen LogP contribution in [0.25, 0.3) is 0 Å². The number of hydrogen-bond acceptors (Lipinski definition) is 6. The first-order valence-electron chi connectivity index (χ1n) is 8.48. The summed E-state index contributed by atoms with van der Waals surface area (Å²) < 4.78 is 37.2. The van der Waals surface area contributed by atoms with Gasteiger partial charge in [-0.3, -0.25) is 14.4 Å². The molecule has 0 radical (unpaired) electrons. The number of ether oxygens (including phenoxy) is 1. The average Bonchev–Trinajstić information content (AvgIpc) is 3.14. The van der Waals surface area contributed by atoms with E-state index in [-0.39, 0.29) is 5.75 Å². The minimum atomic E-state index is -3.70. The quantitative estimate of drug-likeness (QED) is 0.446. The minimum Gasteiger partial charge on any atom is -0.497 e. The summed E-state index contributed by atoms with van der Waals surface area (Å²) in [6, 6.07) is 10.2. The summed E-state index contributed by atoms with van der Waals surface area (Å²) in [5.41, 5.74) is 2.66. The number of rotatable bonds is 11. The highest BCUT2D eigenvalue weighted by Crippen LogP contribution is 2.18. The molecule has 1 heterocycles. The van der Waals surface area contributed by atoms with E-state index in [1.54, 1.807) is 36.6 Å². The van der Waals surface area contributed by atoms with Gasteiger partial charge in [-0.1, -0.05) is 13.0 Å². The molecule has 8 nitrogen and oxygen atoms in total. The number of nitrogens with one attached hydrogen (secondary N) is 2. The maximum Gasteiger partial charge on any atom is 0.247 e. The lowest BCUT2D eigenvalue weighted by molar-refractivity contribution is -0.136. The highest BCUT2D eigenvalue weighted by molar-refractivity contribution is 7.92. The van der Waals surface area contributed by atoms with Crippen LogP contribution in [0.2, 0.25) is 0 Å². The Kier molecular flexibility index (Phi) is 7.68. The van der Waals surface area contributed by atoms with Crippen LogP contribution in [-0.4, -0.2) is 33.8 Å². The smallest absolute Gasteiger partial charge is 0.247 e. The van der Waals surface area contributed by atoms with E-state index < -0.39 is 21.8 Å². The fraction of sp³-hybridized carbons (Fsp3) is 0.389. The summed E-state index contributed by atoms with van der Waals surface area (Å²) in [4.78, 5) is 17.1. The molecule has 1 aromatic carbocycles. The number of amides is 1. The van der Waals surface area contributed by atoms with Crippen molar-refractivity contribution in [1.29, 1.82) is 0 Å². The van der Waals surface area contributed by atoms with E-state index in [0.29, 0.717) is 30.9 Å². The van der Waals surface area contributed by atoms with Crippen LogP contribution in [0.4, 0.5) is 5.69 Å². The number of hydroxylamine groups is 1. The Morgan fingerprint density at radius 3 is 2.78 bits per heavy atom. The zero-order valence-corrected chi connectivity index (χ0v) is 16.1. The van der Waals surface area contributed by atoms with Crippen LogP contribution >= 0.6 is 0 Å². The maximum absolute atomic E-state index is 12.2.